The Hall–Kier alpha value is -3.87. The van der Waals surface area contributed by atoms with E-state index in [0.717, 1.165) is 5.56 Å². The summed E-state index contributed by atoms with van der Waals surface area (Å²) in [5.74, 6) is 0.435. The van der Waals surface area contributed by atoms with Gasteiger partial charge in [-0.1, -0.05) is 12.1 Å². The van der Waals surface area contributed by atoms with Gasteiger partial charge in [-0.3, -0.25) is 9.59 Å². The second-order valence-electron chi connectivity index (χ2n) is 6.79. The van der Waals surface area contributed by atoms with Gasteiger partial charge in [0.25, 0.3) is 5.91 Å². The van der Waals surface area contributed by atoms with Crippen LogP contribution in [0.4, 0.5) is 10.1 Å². The molecule has 0 unspecified atom stereocenters. The smallest absolute Gasteiger partial charge is 0.251 e. The van der Waals surface area contributed by atoms with Gasteiger partial charge in [-0.15, -0.1) is 0 Å². The highest BCUT2D eigenvalue weighted by atomic mass is 19.1. The molecule has 0 aromatic heterocycles. The minimum atomic E-state index is -0.322. The molecule has 6 nitrogen and oxygen atoms in total. The van der Waals surface area contributed by atoms with E-state index in [-0.39, 0.29) is 24.1 Å². The number of hydrogen-bond donors (Lipinski definition) is 2. The minimum Gasteiger partial charge on any atom is -0.497 e. The number of halogens is 1. The number of amides is 2. The van der Waals surface area contributed by atoms with Gasteiger partial charge in [0.15, 0.2) is 0 Å². The Morgan fingerprint density at radius 1 is 0.903 bits per heavy atom. The van der Waals surface area contributed by atoms with E-state index in [0.29, 0.717) is 34.9 Å². The first-order valence-corrected chi connectivity index (χ1v) is 9.62. The summed E-state index contributed by atoms with van der Waals surface area (Å²) in [5, 5.41) is 5.58. The van der Waals surface area contributed by atoms with Crippen LogP contribution in [-0.2, 0) is 17.8 Å². The second kappa shape index (κ2) is 10.2. The number of benzene rings is 3. The molecule has 7 heteroatoms. The highest BCUT2D eigenvalue weighted by Gasteiger charge is 2.11. The SMILES string of the molecule is COc1ccc(OC)c(CC(=O)Nc2ccc(C(=O)NCc3ccc(F)cc3)cc2)c1. The fourth-order valence-electron chi connectivity index (χ4n) is 2.99. The first-order valence-electron chi connectivity index (χ1n) is 9.62. The average Bonchev–Trinajstić information content (AvgIpc) is 2.78. The fraction of sp³-hybridized carbons (Fsp3) is 0.167. The predicted octanol–water partition coefficient (Wildman–Crippen LogP) is 3.95. The van der Waals surface area contributed by atoms with Crippen LogP contribution in [0.15, 0.2) is 66.7 Å². The summed E-state index contributed by atoms with van der Waals surface area (Å²) in [6, 6.07) is 17.8. The molecule has 0 saturated heterocycles. The molecule has 0 bridgehead atoms. The Morgan fingerprint density at radius 2 is 1.61 bits per heavy atom. The summed E-state index contributed by atoms with van der Waals surface area (Å²) in [6.45, 7) is 0.292. The average molecular weight is 422 g/mol. The van der Waals surface area contributed by atoms with Crippen molar-refractivity contribution < 1.29 is 23.5 Å². The molecule has 0 atom stereocenters. The molecule has 2 N–H and O–H groups in total. The van der Waals surface area contributed by atoms with Crippen molar-refractivity contribution in [2.75, 3.05) is 19.5 Å². The lowest BCUT2D eigenvalue weighted by atomic mass is 10.1. The molecule has 0 saturated carbocycles. The van der Waals surface area contributed by atoms with Gasteiger partial charge in [0.2, 0.25) is 5.91 Å². The zero-order valence-corrected chi connectivity index (χ0v) is 17.3. The first kappa shape index (κ1) is 21.8. The van der Waals surface area contributed by atoms with Crippen LogP contribution in [0.2, 0.25) is 0 Å². The topological polar surface area (TPSA) is 76.7 Å². The van der Waals surface area contributed by atoms with Gasteiger partial charge in [0.1, 0.15) is 17.3 Å². The number of ether oxygens (including phenoxy) is 2. The molecule has 0 heterocycles. The van der Waals surface area contributed by atoms with Crippen LogP contribution in [0.3, 0.4) is 0 Å². The van der Waals surface area contributed by atoms with E-state index in [1.54, 1.807) is 68.8 Å². The van der Waals surface area contributed by atoms with Crippen molar-refractivity contribution in [3.63, 3.8) is 0 Å². The van der Waals surface area contributed by atoms with Crippen molar-refractivity contribution in [1.29, 1.82) is 0 Å². The minimum absolute atomic E-state index is 0.111. The van der Waals surface area contributed by atoms with Crippen LogP contribution in [0, 0.1) is 5.82 Å². The molecule has 2 amide bonds. The van der Waals surface area contributed by atoms with Crippen LogP contribution < -0.4 is 20.1 Å². The zero-order valence-electron chi connectivity index (χ0n) is 17.3. The Labute approximate surface area is 180 Å². The molecule has 0 spiro atoms. The van der Waals surface area contributed by atoms with Crippen LogP contribution in [0.1, 0.15) is 21.5 Å². The van der Waals surface area contributed by atoms with Gasteiger partial charge in [-0.25, -0.2) is 4.39 Å². The van der Waals surface area contributed by atoms with Crippen molar-refractivity contribution in [2.24, 2.45) is 0 Å². The fourth-order valence-corrected chi connectivity index (χ4v) is 2.99. The highest BCUT2D eigenvalue weighted by Crippen LogP contribution is 2.24. The Kier molecular flexibility index (Phi) is 7.22. The Balaban J connectivity index is 1.56. The van der Waals surface area contributed by atoms with Crippen molar-refractivity contribution in [3.8, 4) is 11.5 Å². The molecule has 0 aliphatic heterocycles. The summed E-state index contributed by atoms with van der Waals surface area (Å²) in [5.41, 5.74) is 2.53. The second-order valence-corrected chi connectivity index (χ2v) is 6.79. The summed E-state index contributed by atoms with van der Waals surface area (Å²) in [6.07, 6.45) is 0.111. The number of rotatable bonds is 8. The molecule has 3 rings (SSSR count). The quantitative estimate of drug-likeness (QED) is 0.576. The number of hydrogen-bond acceptors (Lipinski definition) is 4. The normalized spacial score (nSPS) is 10.3. The molecule has 31 heavy (non-hydrogen) atoms. The van der Waals surface area contributed by atoms with Crippen molar-refractivity contribution in [3.05, 3.63) is 89.2 Å². The van der Waals surface area contributed by atoms with Crippen LogP contribution in [0.5, 0.6) is 11.5 Å². The molecule has 160 valence electrons. The predicted molar refractivity (Wildman–Crippen MR) is 116 cm³/mol. The van der Waals surface area contributed by atoms with Crippen molar-refractivity contribution >= 4 is 17.5 Å². The zero-order chi connectivity index (χ0) is 22.2. The molecule has 3 aromatic carbocycles. The lowest BCUT2D eigenvalue weighted by molar-refractivity contribution is -0.115. The summed E-state index contributed by atoms with van der Waals surface area (Å²) >= 11 is 0. The number of carbonyl (C=O) groups excluding carboxylic acids is 2. The van der Waals surface area contributed by atoms with E-state index >= 15 is 0 Å². The van der Waals surface area contributed by atoms with E-state index in [9.17, 15) is 14.0 Å². The van der Waals surface area contributed by atoms with Crippen LogP contribution in [-0.4, -0.2) is 26.0 Å². The maximum Gasteiger partial charge on any atom is 0.251 e. The summed E-state index contributed by atoms with van der Waals surface area (Å²) in [4.78, 5) is 24.7. The van der Waals surface area contributed by atoms with Gasteiger partial charge in [-0.05, 0) is 60.2 Å². The Bertz CT molecular complexity index is 1050. The monoisotopic (exact) mass is 422 g/mol. The van der Waals surface area contributed by atoms with E-state index < -0.39 is 0 Å². The lowest BCUT2D eigenvalue weighted by Crippen LogP contribution is -2.22. The third-order valence-corrected chi connectivity index (χ3v) is 4.64. The lowest BCUT2D eigenvalue weighted by Gasteiger charge is -2.11. The maximum atomic E-state index is 12.9. The molecule has 0 aliphatic carbocycles. The molecular formula is C24H23FN2O4. The molecule has 0 aliphatic rings. The first-order chi connectivity index (χ1) is 15.0. The molecule has 0 fully saturated rings. The molecular weight excluding hydrogens is 399 g/mol. The number of carbonyl (C=O) groups is 2. The third-order valence-electron chi connectivity index (χ3n) is 4.64. The van der Waals surface area contributed by atoms with Crippen molar-refractivity contribution in [2.45, 2.75) is 13.0 Å². The van der Waals surface area contributed by atoms with Crippen LogP contribution >= 0.6 is 0 Å². The summed E-state index contributed by atoms with van der Waals surface area (Å²) < 4.78 is 23.4. The highest BCUT2D eigenvalue weighted by molar-refractivity contribution is 5.96. The van der Waals surface area contributed by atoms with Gasteiger partial charge in [-0.2, -0.15) is 0 Å². The van der Waals surface area contributed by atoms with Crippen molar-refractivity contribution in [1.82, 2.24) is 5.32 Å². The number of anilines is 1. The standard InChI is InChI=1S/C24H23FN2O4/c1-30-21-11-12-22(31-2)18(13-21)14-23(28)27-20-9-5-17(6-10-20)24(29)26-15-16-3-7-19(25)8-4-16/h3-13H,14-15H2,1-2H3,(H,26,29)(H,27,28). The van der Waals surface area contributed by atoms with Gasteiger partial charge >= 0.3 is 0 Å². The van der Waals surface area contributed by atoms with Crippen LogP contribution in [0.25, 0.3) is 0 Å². The summed E-state index contributed by atoms with van der Waals surface area (Å²) in [7, 11) is 3.10. The van der Waals surface area contributed by atoms with Gasteiger partial charge in [0.05, 0.1) is 20.6 Å². The van der Waals surface area contributed by atoms with E-state index in [1.807, 2.05) is 0 Å². The van der Waals surface area contributed by atoms with E-state index in [1.165, 1.54) is 12.1 Å². The largest absolute Gasteiger partial charge is 0.497 e. The third kappa shape index (κ3) is 6.05. The van der Waals surface area contributed by atoms with E-state index in [2.05, 4.69) is 10.6 Å². The van der Waals surface area contributed by atoms with Gasteiger partial charge < -0.3 is 20.1 Å². The maximum absolute atomic E-state index is 12.9. The van der Waals surface area contributed by atoms with E-state index in [4.69, 9.17) is 9.47 Å². The molecule has 3 aromatic rings. The number of methoxy groups -OCH3 is 2. The Morgan fingerprint density at radius 3 is 2.26 bits per heavy atom. The van der Waals surface area contributed by atoms with Gasteiger partial charge in [0, 0.05) is 23.4 Å². The number of nitrogens with one attached hydrogen (secondary N) is 2. The molecule has 0 radical (unpaired) electrons.